The van der Waals surface area contributed by atoms with E-state index in [1.165, 1.54) is 12.8 Å². The Morgan fingerprint density at radius 3 is 2.69 bits per heavy atom. The van der Waals surface area contributed by atoms with E-state index in [1.54, 1.807) is 13.2 Å². The minimum atomic E-state index is 0.195. The molecule has 6 heteroatoms. The van der Waals surface area contributed by atoms with Crippen LogP contribution in [0.25, 0.3) is 0 Å². The topological polar surface area (TPSA) is 56.2 Å². The molecule has 6 nitrogen and oxygen atoms in total. The number of rotatable bonds is 7. The quantitative estimate of drug-likeness (QED) is 0.759. The first-order valence-corrected chi connectivity index (χ1v) is 11.0. The Labute approximate surface area is 175 Å². The van der Waals surface area contributed by atoms with Gasteiger partial charge in [0.1, 0.15) is 0 Å². The van der Waals surface area contributed by atoms with Crippen LogP contribution in [0, 0.1) is 5.92 Å². The number of nitrogens with zero attached hydrogens (tertiary/aromatic N) is 3. The van der Waals surface area contributed by atoms with Gasteiger partial charge in [0.15, 0.2) is 11.5 Å². The standard InChI is InChI=1S/C23H37N3O3/c1-24-13-10-20(11-14-24)25(2)23(28)9-7-18-5-4-12-26(16-18)17-19-6-8-22(29-3)21(27)15-19/h6,8,15,18,20,27H,4-5,7,9-14,16-17H2,1-3H3/t18-/m1/s1. The van der Waals surface area contributed by atoms with Gasteiger partial charge in [-0.05, 0) is 82.4 Å². The third-order valence-electron chi connectivity index (χ3n) is 6.65. The lowest BCUT2D eigenvalue weighted by Crippen LogP contribution is -2.44. The number of phenols is 1. The number of hydrogen-bond donors (Lipinski definition) is 1. The van der Waals surface area contributed by atoms with Crippen molar-refractivity contribution in [3.63, 3.8) is 0 Å². The van der Waals surface area contributed by atoms with E-state index >= 15 is 0 Å². The number of benzene rings is 1. The number of phenolic OH excluding ortho intramolecular Hbond substituents is 1. The van der Waals surface area contributed by atoms with E-state index in [9.17, 15) is 9.90 Å². The lowest BCUT2D eigenvalue weighted by Gasteiger charge is -2.36. The monoisotopic (exact) mass is 403 g/mol. The summed E-state index contributed by atoms with van der Waals surface area (Å²) in [4.78, 5) is 19.5. The second-order valence-corrected chi connectivity index (χ2v) is 8.83. The smallest absolute Gasteiger partial charge is 0.222 e. The first kappa shape index (κ1) is 21.9. The highest BCUT2D eigenvalue weighted by Gasteiger charge is 2.26. The van der Waals surface area contributed by atoms with E-state index in [0.717, 1.165) is 57.5 Å². The van der Waals surface area contributed by atoms with Crippen LogP contribution in [0.3, 0.4) is 0 Å². The molecule has 2 fully saturated rings. The predicted octanol–water partition coefficient (Wildman–Crippen LogP) is 2.95. The SMILES string of the molecule is COc1ccc(CN2CCC[C@H](CCC(=O)N(C)C3CCN(C)CC3)C2)cc1O. The Kier molecular flexibility index (Phi) is 7.78. The fourth-order valence-electron chi connectivity index (χ4n) is 4.71. The first-order valence-electron chi connectivity index (χ1n) is 11.0. The Hall–Kier alpha value is -1.79. The van der Waals surface area contributed by atoms with Gasteiger partial charge >= 0.3 is 0 Å². The number of piperidine rings is 2. The zero-order valence-corrected chi connectivity index (χ0v) is 18.3. The van der Waals surface area contributed by atoms with Crippen LogP contribution in [0.15, 0.2) is 18.2 Å². The number of amides is 1. The molecule has 1 N–H and O–H groups in total. The molecule has 162 valence electrons. The maximum atomic E-state index is 12.7. The van der Waals surface area contributed by atoms with Crippen LogP contribution in [-0.4, -0.2) is 79.1 Å². The molecule has 1 aromatic carbocycles. The maximum absolute atomic E-state index is 12.7. The van der Waals surface area contributed by atoms with Crippen molar-refractivity contribution in [2.24, 2.45) is 5.92 Å². The van der Waals surface area contributed by atoms with Crippen molar-refractivity contribution in [1.29, 1.82) is 0 Å². The molecule has 0 aromatic heterocycles. The van der Waals surface area contributed by atoms with Gasteiger partial charge in [-0.25, -0.2) is 0 Å². The average molecular weight is 404 g/mol. The molecule has 1 amide bonds. The van der Waals surface area contributed by atoms with Gasteiger partial charge in [-0.2, -0.15) is 0 Å². The van der Waals surface area contributed by atoms with Gasteiger partial charge in [0.2, 0.25) is 5.91 Å². The van der Waals surface area contributed by atoms with Crippen molar-refractivity contribution in [2.45, 2.75) is 51.1 Å². The van der Waals surface area contributed by atoms with Crippen LogP contribution in [0.1, 0.15) is 44.1 Å². The Bertz CT molecular complexity index is 673. The zero-order valence-electron chi connectivity index (χ0n) is 18.3. The van der Waals surface area contributed by atoms with Crippen LogP contribution in [-0.2, 0) is 11.3 Å². The van der Waals surface area contributed by atoms with Crippen molar-refractivity contribution in [3.8, 4) is 11.5 Å². The van der Waals surface area contributed by atoms with E-state index in [-0.39, 0.29) is 5.75 Å². The van der Waals surface area contributed by atoms with Crippen LogP contribution in [0.5, 0.6) is 11.5 Å². The summed E-state index contributed by atoms with van der Waals surface area (Å²) in [5, 5.41) is 10.0. The summed E-state index contributed by atoms with van der Waals surface area (Å²) in [6.07, 6.45) is 6.18. The minimum absolute atomic E-state index is 0.195. The van der Waals surface area contributed by atoms with Crippen molar-refractivity contribution in [3.05, 3.63) is 23.8 Å². The van der Waals surface area contributed by atoms with Crippen LogP contribution < -0.4 is 4.74 Å². The summed E-state index contributed by atoms with van der Waals surface area (Å²) in [6.45, 7) is 5.10. The number of aromatic hydroxyl groups is 1. The van der Waals surface area contributed by atoms with E-state index in [0.29, 0.717) is 30.0 Å². The van der Waals surface area contributed by atoms with Gasteiger partial charge in [0, 0.05) is 32.6 Å². The molecule has 0 radical (unpaired) electrons. The Balaban J connectivity index is 1.44. The van der Waals surface area contributed by atoms with E-state index in [2.05, 4.69) is 16.8 Å². The molecule has 29 heavy (non-hydrogen) atoms. The van der Waals surface area contributed by atoms with Gasteiger partial charge in [0.05, 0.1) is 7.11 Å². The zero-order chi connectivity index (χ0) is 20.8. The Morgan fingerprint density at radius 2 is 2.00 bits per heavy atom. The van der Waals surface area contributed by atoms with Crippen molar-refractivity contribution >= 4 is 5.91 Å². The highest BCUT2D eigenvalue weighted by Crippen LogP contribution is 2.28. The van der Waals surface area contributed by atoms with E-state index in [1.807, 2.05) is 24.1 Å². The van der Waals surface area contributed by atoms with Gasteiger partial charge in [0.25, 0.3) is 0 Å². The second-order valence-electron chi connectivity index (χ2n) is 8.83. The van der Waals surface area contributed by atoms with Gasteiger partial charge in [-0.3, -0.25) is 9.69 Å². The number of carbonyl (C=O) groups excluding carboxylic acids is 1. The molecule has 0 unspecified atom stereocenters. The number of methoxy groups -OCH3 is 1. The number of ether oxygens (including phenoxy) is 1. The van der Waals surface area contributed by atoms with Crippen LogP contribution in [0.2, 0.25) is 0 Å². The van der Waals surface area contributed by atoms with Gasteiger partial charge in [-0.1, -0.05) is 6.07 Å². The Morgan fingerprint density at radius 1 is 1.24 bits per heavy atom. The molecule has 2 heterocycles. The molecular formula is C23H37N3O3. The van der Waals surface area contributed by atoms with Crippen LogP contribution in [0.4, 0.5) is 0 Å². The molecule has 2 saturated heterocycles. The fourth-order valence-corrected chi connectivity index (χ4v) is 4.71. The van der Waals surface area contributed by atoms with E-state index in [4.69, 9.17) is 4.74 Å². The van der Waals surface area contributed by atoms with Crippen LogP contribution >= 0.6 is 0 Å². The minimum Gasteiger partial charge on any atom is -0.504 e. The summed E-state index contributed by atoms with van der Waals surface area (Å²) in [6, 6.07) is 6.04. The molecule has 2 aliphatic heterocycles. The average Bonchev–Trinajstić information content (AvgIpc) is 2.72. The molecular weight excluding hydrogens is 366 g/mol. The summed E-state index contributed by atoms with van der Waals surface area (Å²) < 4.78 is 5.13. The fraction of sp³-hybridized carbons (Fsp3) is 0.696. The third-order valence-corrected chi connectivity index (χ3v) is 6.65. The predicted molar refractivity (Wildman–Crippen MR) is 115 cm³/mol. The first-order chi connectivity index (χ1) is 14.0. The molecule has 0 aliphatic carbocycles. The highest BCUT2D eigenvalue weighted by molar-refractivity contribution is 5.76. The van der Waals surface area contributed by atoms with Gasteiger partial charge in [-0.15, -0.1) is 0 Å². The molecule has 0 bridgehead atoms. The van der Waals surface area contributed by atoms with E-state index < -0.39 is 0 Å². The van der Waals surface area contributed by atoms with Crippen molar-refractivity contribution in [2.75, 3.05) is 47.4 Å². The molecule has 1 aromatic rings. The molecule has 2 aliphatic rings. The molecule has 0 saturated carbocycles. The lowest BCUT2D eigenvalue weighted by molar-refractivity contribution is -0.133. The summed E-state index contributed by atoms with van der Waals surface area (Å²) in [5.74, 6) is 1.58. The number of hydrogen-bond acceptors (Lipinski definition) is 5. The van der Waals surface area contributed by atoms with Crippen molar-refractivity contribution in [1.82, 2.24) is 14.7 Å². The lowest BCUT2D eigenvalue weighted by atomic mass is 9.92. The van der Waals surface area contributed by atoms with Crippen molar-refractivity contribution < 1.29 is 14.6 Å². The van der Waals surface area contributed by atoms with Gasteiger partial charge < -0.3 is 19.6 Å². The maximum Gasteiger partial charge on any atom is 0.222 e. The third kappa shape index (κ3) is 6.09. The normalized spacial score (nSPS) is 21.8. The molecule has 1 atom stereocenters. The molecule has 0 spiro atoms. The summed E-state index contributed by atoms with van der Waals surface area (Å²) >= 11 is 0. The largest absolute Gasteiger partial charge is 0.504 e. The molecule has 3 rings (SSSR count). The second kappa shape index (κ2) is 10.3. The summed E-state index contributed by atoms with van der Waals surface area (Å²) in [7, 11) is 5.71. The highest BCUT2D eigenvalue weighted by atomic mass is 16.5. The number of likely N-dealkylation sites (tertiary alicyclic amines) is 2. The number of carbonyl (C=O) groups is 1. The summed E-state index contributed by atoms with van der Waals surface area (Å²) in [5.41, 5.74) is 1.10.